The zero-order valence-electron chi connectivity index (χ0n) is 17.6. The summed E-state index contributed by atoms with van der Waals surface area (Å²) in [4.78, 5) is 12.9. The Morgan fingerprint density at radius 1 is 0.906 bits per heavy atom. The molecule has 0 bridgehead atoms. The molecule has 0 saturated carbocycles. The predicted octanol–water partition coefficient (Wildman–Crippen LogP) is 5.90. The highest BCUT2D eigenvalue weighted by Gasteiger charge is 2.30. The molecule has 0 heterocycles. The number of hydrogen-bond donors (Lipinski definition) is 2. The van der Waals surface area contributed by atoms with E-state index in [4.69, 9.17) is 27.9 Å². The van der Waals surface area contributed by atoms with Crippen LogP contribution in [0.15, 0.2) is 71.6 Å². The van der Waals surface area contributed by atoms with Crippen molar-refractivity contribution in [2.75, 3.05) is 10.0 Å². The zero-order valence-corrected chi connectivity index (χ0v) is 20.0. The molecule has 32 heavy (non-hydrogen) atoms. The number of rotatable bonds is 7. The lowest BCUT2D eigenvalue weighted by Gasteiger charge is -2.25. The van der Waals surface area contributed by atoms with Crippen molar-refractivity contribution in [3.05, 3.63) is 82.3 Å². The summed E-state index contributed by atoms with van der Waals surface area (Å²) in [6.45, 7) is 4.90. The van der Waals surface area contributed by atoms with Crippen LogP contribution in [0.1, 0.15) is 19.4 Å². The smallest absolute Gasteiger partial charge is 0.267 e. The molecule has 0 saturated heterocycles. The second kappa shape index (κ2) is 9.40. The van der Waals surface area contributed by atoms with E-state index in [-0.39, 0.29) is 4.90 Å². The molecule has 168 valence electrons. The number of anilines is 2. The van der Waals surface area contributed by atoms with Gasteiger partial charge in [-0.2, -0.15) is 0 Å². The Morgan fingerprint density at radius 2 is 1.59 bits per heavy atom. The summed E-state index contributed by atoms with van der Waals surface area (Å²) in [6.07, 6.45) is 0. The molecule has 0 aliphatic carbocycles. The van der Waals surface area contributed by atoms with Crippen molar-refractivity contribution in [1.82, 2.24) is 0 Å². The Balaban J connectivity index is 1.80. The predicted molar refractivity (Wildman–Crippen MR) is 128 cm³/mol. The van der Waals surface area contributed by atoms with Gasteiger partial charge in [0, 0.05) is 15.7 Å². The van der Waals surface area contributed by atoms with E-state index in [2.05, 4.69) is 10.0 Å². The largest absolute Gasteiger partial charge is 0.478 e. The molecule has 1 amide bonds. The lowest BCUT2D eigenvalue weighted by molar-refractivity contribution is -0.128. The van der Waals surface area contributed by atoms with E-state index < -0.39 is 21.5 Å². The minimum Gasteiger partial charge on any atom is -0.478 e. The van der Waals surface area contributed by atoms with Crippen LogP contribution in [-0.2, 0) is 14.8 Å². The van der Waals surface area contributed by atoms with Gasteiger partial charge in [0.15, 0.2) is 5.60 Å². The third-order valence-corrected chi connectivity index (χ3v) is 6.56. The van der Waals surface area contributed by atoms with E-state index in [1.165, 1.54) is 12.1 Å². The fraction of sp³-hybridized carbons (Fsp3) is 0.174. The number of benzene rings is 3. The van der Waals surface area contributed by atoms with Gasteiger partial charge in [-0.05, 0) is 80.9 Å². The lowest BCUT2D eigenvalue weighted by atomic mass is 10.1. The summed E-state index contributed by atoms with van der Waals surface area (Å²) >= 11 is 11.8. The van der Waals surface area contributed by atoms with Crippen molar-refractivity contribution in [1.29, 1.82) is 0 Å². The number of ether oxygens (including phenoxy) is 1. The number of amides is 1. The summed E-state index contributed by atoms with van der Waals surface area (Å²) in [5, 5.41) is 3.69. The molecular weight excluding hydrogens is 471 g/mol. The molecule has 0 aliphatic rings. The quantitative estimate of drug-likeness (QED) is 0.429. The summed E-state index contributed by atoms with van der Waals surface area (Å²) in [7, 11) is -3.91. The van der Waals surface area contributed by atoms with Gasteiger partial charge in [-0.15, -0.1) is 0 Å². The highest BCUT2D eigenvalue weighted by molar-refractivity contribution is 7.92. The molecule has 3 aromatic carbocycles. The molecule has 0 aliphatic heterocycles. The molecule has 0 spiro atoms. The first-order valence-electron chi connectivity index (χ1n) is 9.61. The van der Waals surface area contributed by atoms with Crippen LogP contribution in [0.2, 0.25) is 10.0 Å². The number of nitrogens with one attached hydrogen (secondary N) is 2. The van der Waals surface area contributed by atoms with Crippen molar-refractivity contribution in [3.8, 4) is 5.75 Å². The molecule has 0 fully saturated rings. The average molecular weight is 493 g/mol. The van der Waals surface area contributed by atoms with Gasteiger partial charge < -0.3 is 10.1 Å². The second-order valence-corrected chi connectivity index (χ2v) is 10.1. The topological polar surface area (TPSA) is 84.5 Å². The van der Waals surface area contributed by atoms with Gasteiger partial charge in [0.05, 0.1) is 10.6 Å². The summed E-state index contributed by atoms with van der Waals surface area (Å²) in [5.41, 5.74) is -0.0468. The van der Waals surface area contributed by atoms with Gasteiger partial charge in [0.1, 0.15) is 5.75 Å². The molecule has 0 unspecified atom stereocenters. The van der Waals surface area contributed by atoms with Crippen molar-refractivity contribution >= 4 is 50.5 Å². The van der Waals surface area contributed by atoms with Gasteiger partial charge in [-0.25, -0.2) is 8.42 Å². The van der Waals surface area contributed by atoms with Crippen LogP contribution in [-0.4, -0.2) is 19.9 Å². The zero-order chi connectivity index (χ0) is 23.5. The number of halogens is 2. The molecule has 0 atom stereocenters. The highest BCUT2D eigenvalue weighted by Crippen LogP contribution is 2.26. The normalized spacial score (nSPS) is 11.7. The monoisotopic (exact) mass is 492 g/mol. The van der Waals surface area contributed by atoms with E-state index in [0.29, 0.717) is 32.7 Å². The van der Waals surface area contributed by atoms with Crippen molar-refractivity contribution in [2.24, 2.45) is 0 Å². The molecule has 2 N–H and O–H groups in total. The van der Waals surface area contributed by atoms with E-state index in [1.54, 1.807) is 75.4 Å². The summed E-state index contributed by atoms with van der Waals surface area (Å²) in [5.74, 6) is 0.0369. The Hall–Kier alpha value is -2.74. The molecule has 0 aromatic heterocycles. The first kappa shape index (κ1) is 23.9. The Bertz CT molecular complexity index is 1240. The Labute approximate surface area is 197 Å². The Kier molecular flexibility index (Phi) is 7.03. The number of hydrogen-bond acceptors (Lipinski definition) is 4. The maximum atomic E-state index is 12.9. The van der Waals surface area contributed by atoms with E-state index in [1.807, 2.05) is 0 Å². The van der Waals surface area contributed by atoms with Crippen LogP contribution >= 0.6 is 23.2 Å². The van der Waals surface area contributed by atoms with Gasteiger partial charge in [0.25, 0.3) is 15.9 Å². The number of sulfonamides is 1. The first-order valence-corrected chi connectivity index (χ1v) is 11.9. The van der Waals surface area contributed by atoms with E-state index in [0.717, 1.165) is 0 Å². The van der Waals surface area contributed by atoms with Gasteiger partial charge >= 0.3 is 0 Å². The third-order valence-electron chi connectivity index (χ3n) is 4.55. The lowest BCUT2D eigenvalue weighted by Crippen LogP contribution is -2.42. The molecule has 0 radical (unpaired) electrons. The van der Waals surface area contributed by atoms with Crippen molar-refractivity contribution in [3.63, 3.8) is 0 Å². The standard InChI is InChI=1S/C23H22Cl2N2O4S/c1-15-7-10-18(14-21(15)32(29,30)27-19-6-4-5-17(25)13-19)26-22(28)23(2,3)31-20-11-8-16(24)9-12-20/h4-14,27H,1-3H3,(H,26,28). The fourth-order valence-electron chi connectivity index (χ4n) is 2.85. The Morgan fingerprint density at radius 3 is 2.25 bits per heavy atom. The molecule has 3 rings (SSSR count). The molecular formula is C23H22Cl2N2O4S. The highest BCUT2D eigenvalue weighted by atomic mass is 35.5. The SMILES string of the molecule is Cc1ccc(NC(=O)C(C)(C)Oc2ccc(Cl)cc2)cc1S(=O)(=O)Nc1cccc(Cl)c1. The van der Waals surface area contributed by atoms with E-state index in [9.17, 15) is 13.2 Å². The number of carbonyl (C=O) groups excluding carboxylic acids is 1. The van der Waals surface area contributed by atoms with Crippen LogP contribution in [0.3, 0.4) is 0 Å². The molecule has 6 nitrogen and oxygen atoms in total. The van der Waals surface area contributed by atoms with Crippen LogP contribution in [0.4, 0.5) is 11.4 Å². The van der Waals surface area contributed by atoms with Crippen molar-refractivity contribution < 1.29 is 17.9 Å². The van der Waals surface area contributed by atoms with Crippen molar-refractivity contribution in [2.45, 2.75) is 31.3 Å². The maximum absolute atomic E-state index is 12.9. The summed E-state index contributed by atoms with van der Waals surface area (Å²) < 4.78 is 34.2. The van der Waals surface area contributed by atoms with Crippen LogP contribution in [0.5, 0.6) is 5.75 Å². The minimum atomic E-state index is -3.91. The fourth-order valence-corrected chi connectivity index (χ4v) is 4.49. The van der Waals surface area contributed by atoms with Gasteiger partial charge in [-0.3, -0.25) is 9.52 Å². The number of carbonyl (C=O) groups is 1. The molecule has 3 aromatic rings. The van der Waals surface area contributed by atoms with Crippen LogP contribution in [0.25, 0.3) is 0 Å². The minimum absolute atomic E-state index is 0.0340. The second-order valence-electron chi connectivity index (χ2n) is 7.62. The number of aryl methyl sites for hydroxylation is 1. The summed E-state index contributed by atoms with van der Waals surface area (Å²) in [6, 6.07) is 17.7. The molecule has 9 heteroatoms. The van der Waals surface area contributed by atoms with Gasteiger partial charge in [0.2, 0.25) is 0 Å². The van der Waals surface area contributed by atoms with Gasteiger partial charge in [-0.1, -0.05) is 35.3 Å². The third kappa shape index (κ3) is 5.94. The van der Waals surface area contributed by atoms with Crippen LogP contribution in [0, 0.1) is 6.92 Å². The van der Waals surface area contributed by atoms with E-state index >= 15 is 0 Å². The van der Waals surface area contributed by atoms with Crippen LogP contribution < -0.4 is 14.8 Å². The first-order chi connectivity index (χ1) is 15.0. The average Bonchev–Trinajstić information content (AvgIpc) is 2.70. The maximum Gasteiger partial charge on any atom is 0.267 e.